The van der Waals surface area contributed by atoms with Gasteiger partial charge in [0, 0.05) is 86.5 Å². The maximum absolute atomic E-state index is 5.91. The van der Waals surface area contributed by atoms with Crippen LogP contribution in [0.5, 0.6) is 0 Å². The van der Waals surface area contributed by atoms with Gasteiger partial charge in [-0.3, -0.25) is 9.13 Å². The molecule has 8 nitrogen and oxygen atoms in total. The van der Waals surface area contributed by atoms with Crippen molar-refractivity contribution < 1.29 is 0 Å². The molecule has 0 aliphatic heterocycles. The molecule has 18 aromatic carbocycles. The third-order valence-electron chi connectivity index (χ3n) is 24.3. The van der Waals surface area contributed by atoms with Crippen molar-refractivity contribution in [3.05, 3.63) is 340 Å². The second kappa shape index (κ2) is 21.4. The molecule has 110 heavy (non-hydrogen) atoms. The van der Waals surface area contributed by atoms with Gasteiger partial charge in [0.1, 0.15) is 0 Å². The maximum atomic E-state index is 5.91. The Kier molecular flexibility index (Phi) is 11.4. The van der Waals surface area contributed by atoms with Crippen molar-refractivity contribution >= 4 is 195 Å². The van der Waals surface area contributed by atoms with Crippen molar-refractivity contribution in [1.29, 1.82) is 0 Å². The number of nitrogens with zero attached hydrogens (tertiary/aromatic N) is 8. The van der Waals surface area contributed by atoms with Crippen LogP contribution in [0.1, 0.15) is 0 Å². The van der Waals surface area contributed by atoms with Crippen LogP contribution in [0.25, 0.3) is 252 Å². The predicted molar refractivity (Wildman–Crippen MR) is 460 cm³/mol. The molecule has 8 aromatic heterocycles. The zero-order valence-corrected chi connectivity index (χ0v) is 58.9. The van der Waals surface area contributed by atoms with Crippen molar-refractivity contribution in [3.8, 4) is 56.7 Å². The fourth-order valence-electron chi connectivity index (χ4n) is 19.7. The minimum atomic E-state index is 0.620. The Bertz CT molecular complexity index is 8590. The highest BCUT2D eigenvalue weighted by atomic mass is 15.2. The summed E-state index contributed by atoms with van der Waals surface area (Å²) in [6.07, 6.45) is 0. The summed E-state index contributed by atoms with van der Waals surface area (Å²) in [5.41, 5.74) is 21.5. The molecule has 26 rings (SSSR count). The lowest BCUT2D eigenvalue weighted by Gasteiger charge is -2.15. The molecule has 0 saturated carbocycles. The summed E-state index contributed by atoms with van der Waals surface area (Å²) in [5.74, 6) is 1.24. The average Bonchev–Trinajstić information content (AvgIpc) is 1.51. The largest absolute Gasteiger partial charge is 0.308 e. The van der Waals surface area contributed by atoms with Crippen LogP contribution < -0.4 is 0 Å². The monoisotopic (exact) mass is 1390 g/mol. The van der Waals surface area contributed by atoms with E-state index in [1.807, 2.05) is 0 Å². The van der Waals surface area contributed by atoms with Gasteiger partial charge in [-0.1, -0.05) is 261 Å². The standard InChI is InChI=1S/C102H56N8/c1-2-18-57(19-3-1)59-34-37-63(38-35-59)97-91-71-27-11-8-21-60(71)41-47-79(91)103-101(105-97)110-83-33-17-13-29-74(83)94-88(110)56-78-90-70-26-10-7-23-62(70)44-51-86(90)108-84-49-45-66(54-76(84)96(94)100(78)108)65-40-46-72-67(52-65)42-48-80-92(72)98(68-39-36-58-20-4-5-24-64(58)53-68)106-102(104-80)109-82-32-16-12-28-73(82)93-87(109)55-77-89-69-25-9-6-22-61(69)43-50-85(89)107-81-31-15-14-30-75(81)95(93)99(77)107/h1-56H. The molecular weight excluding hydrogens is 1340 g/mol. The van der Waals surface area contributed by atoms with E-state index in [0.29, 0.717) is 11.9 Å². The van der Waals surface area contributed by atoms with Gasteiger partial charge in [0.2, 0.25) is 11.9 Å². The minimum Gasteiger partial charge on any atom is -0.308 e. The summed E-state index contributed by atoms with van der Waals surface area (Å²) in [7, 11) is 0. The number of rotatable bonds is 6. The molecule has 0 radical (unpaired) electrons. The number of benzene rings is 18. The molecule has 0 bridgehead atoms. The van der Waals surface area contributed by atoms with Gasteiger partial charge < -0.3 is 8.80 Å². The number of hydrogen-bond acceptors (Lipinski definition) is 4. The first kappa shape index (κ1) is 58.4. The summed E-state index contributed by atoms with van der Waals surface area (Å²) in [4.78, 5) is 23.1. The Morgan fingerprint density at radius 3 is 1.15 bits per heavy atom. The van der Waals surface area contributed by atoms with Gasteiger partial charge in [-0.25, -0.2) is 19.9 Å². The lowest BCUT2D eigenvalue weighted by molar-refractivity contribution is 1.01. The molecule has 0 amide bonds. The molecule has 0 N–H and O–H groups in total. The van der Waals surface area contributed by atoms with E-state index in [1.54, 1.807) is 0 Å². The minimum absolute atomic E-state index is 0.620. The van der Waals surface area contributed by atoms with Crippen LogP contribution in [-0.2, 0) is 0 Å². The number of aromatic nitrogens is 8. The molecule has 0 spiro atoms. The van der Waals surface area contributed by atoms with Crippen LogP contribution in [0.3, 0.4) is 0 Å². The molecule has 26 aromatic rings. The summed E-state index contributed by atoms with van der Waals surface area (Å²) >= 11 is 0. The predicted octanol–water partition coefficient (Wildman–Crippen LogP) is 26.5. The summed E-state index contributed by atoms with van der Waals surface area (Å²) in [6.45, 7) is 0. The van der Waals surface area contributed by atoms with Gasteiger partial charge in [-0.15, -0.1) is 0 Å². The third kappa shape index (κ3) is 7.76. The van der Waals surface area contributed by atoms with E-state index in [9.17, 15) is 0 Å². The van der Waals surface area contributed by atoms with Gasteiger partial charge in [-0.2, -0.15) is 0 Å². The second-order valence-corrected chi connectivity index (χ2v) is 29.9. The van der Waals surface area contributed by atoms with E-state index in [2.05, 4.69) is 358 Å². The Balaban J connectivity index is 0.700. The third-order valence-corrected chi connectivity index (χ3v) is 24.3. The lowest BCUT2D eigenvalue weighted by Crippen LogP contribution is -2.04. The Labute approximate surface area is 625 Å². The average molecular weight is 1390 g/mol. The fourth-order valence-corrected chi connectivity index (χ4v) is 19.7. The quantitative estimate of drug-likeness (QED) is 0.156. The SMILES string of the molecule is c1ccc(-c2ccc(-c3nc(-n4c5ccccc5c5c6c7cc(-c8ccc9c(ccc%10nc(-n%11c%12ccccc%12c%12c%13c%14ccccc%14n%14c%15ccc%16ccccc%16c%15c(cc%12%11)c%13%14)nc(-c%11ccc%12ccccc%12c%11)c%109)c8)ccc7n7c8ccc9ccccc9c8c(cc54)c67)nc4ccc5ccccc5c34)cc2)cc1. The van der Waals surface area contributed by atoms with Crippen LogP contribution in [0.15, 0.2) is 340 Å². The second-order valence-electron chi connectivity index (χ2n) is 29.9. The van der Waals surface area contributed by atoms with E-state index in [1.165, 1.54) is 114 Å². The van der Waals surface area contributed by atoms with Crippen molar-refractivity contribution in [2.75, 3.05) is 0 Å². The first-order chi connectivity index (χ1) is 54.6. The molecule has 8 heteroatoms. The highest BCUT2D eigenvalue weighted by Gasteiger charge is 2.30. The first-order valence-electron chi connectivity index (χ1n) is 37.8. The van der Waals surface area contributed by atoms with Gasteiger partial charge in [-0.05, 0) is 155 Å². The van der Waals surface area contributed by atoms with Crippen molar-refractivity contribution in [2.45, 2.75) is 0 Å². The van der Waals surface area contributed by atoms with Gasteiger partial charge >= 0.3 is 0 Å². The van der Waals surface area contributed by atoms with Crippen LogP contribution in [0, 0.1) is 0 Å². The highest BCUT2D eigenvalue weighted by Crippen LogP contribution is 2.52. The van der Waals surface area contributed by atoms with Gasteiger partial charge in [0.15, 0.2) is 0 Å². The molecule has 0 saturated heterocycles. The molecule has 0 aliphatic rings. The highest BCUT2D eigenvalue weighted by molar-refractivity contribution is 6.40. The Morgan fingerprint density at radius 1 is 0.173 bits per heavy atom. The fraction of sp³-hybridized carbons (Fsp3) is 0. The number of para-hydroxylation sites is 3. The molecule has 0 fully saturated rings. The van der Waals surface area contributed by atoms with Crippen molar-refractivity contribution in [1.82, 2.24) is 37.9 Å². The zero-order valence-electron chi connectivity index (χ0n) is 58.9. The van der Waals surface area contributed by atoms with E-state index in [4.69, 9.17) is 19.9 Å². The number of hydrogen-bond donors (Lipinski definition) is 0. The number of fused-ring (bicyclic) bond motifs is 31. The van der Waals surface area contributed by atoms with Crippen LogP contribution in [0.4, 0.5) is 0 Å². The molecule has 504 valence electrons. The van der Waals surface area contributed by atoms with Crippen molar-refractivity contribution in [2.24, 2.45) is 0 Å². The van der Waals surface area contributed by atoms with Crippen LogP contribution >= 0.6 is 0 Å². The smallest absolute Gasteiger partial charge is 0.235 e. The maximum Gasteiger partial charge on any atom is 0.235 e. The van der Waals surface area contributed by atoms with Crippen LogP contribution in [-0.4, -0.2) is 37.9 Å². The van der Waals surface area contributed by atoms with E-state index >= 15 is 0 Å². The molecule has 0 aliphatic carbocycles. The van der Waals surface area contributed by atoms with Crippen molar-refractivity contribution in [3.63, 3.8) is 0 Å². The lowest BCUT2D eigenvalue weighted by atomic mass is 9.95. The Morgan fingerprint density at radius 2 is 0.555 bits per heavy atom. The zero-order chi connectivity index (χ0) is 71.3. The van der Waals surface area contributed by atoms with Gasteiger partial charge in [0.05, 0.1) is 77.6 Å². The molecule has 0 atom stereocenters. The summed E-state index contributed by atoms with van der Waals surface area (Å²) in [5, 5.41) is 28.1. The van der Waals surface area contributed by atoms with Gasteiger partial charge in [0.25, 0.3) is 0 Å². The van der Waals surface area contributed by atoms with E-state index in [-0.39, 0.29) is 0 Å². The van der Waals surface area contributed by atoms with Crippen LogP contribution in [0.2, 0.25) is 0 Å². The summed E-state index contributed by atoms with van der Waals surface area (Å²) in [6, 6.07) is 125. The molecular formula is C102H56N8. The first-order valence-corrected chi connectivity index (χ1v) is 37.8. The summed E-state index contributed by atoms with van der Waals surface area (Å²) < 4.78 is 9.73. The molecule has 0 unspecified atom stereocenters. The molecule has 8 heterocycles. The topological polar surface area (TPSA) is 70.2 Å². The van der Waals surface area contributed by atoms with E-state index < -0.39 is 0 Å². The van der Waals surface area contributed by atoms with E-state index in [0.717, 1.165) is 126 Å². The normalized spacial score (nSPS) is 12.5. The Hall–Kier alpha value is -14.9.